The van der Waals surface area contributed by atoms with Gasteiger partial charge in [0, 0.05) is 24.0 Å². The minimum atomic E-state index is -0.214. The van der Waals surface area contributed by atoms with Crippen molar-refractivity contribution in [2.24, 2.45) is 0 Å². The SMILES string of the molecule is C=CC[N+]1(C)CCc2cc(F)cc3c2C1Cc1cccc(O)c1-3. The molecule has 0 fully saturated rings. The van der Waals surface area contributed by atoms with Crippen LogP contribution in [-0.4, -0.2) is 29.7 Å². The maximum Gasteiger partial charge on any atom is 0.124 e. The van der Waals surface area contributed by atoms with Crippen molar-refractivity contribution in [3.05, 3.63) is 65.5 Å². The molecule has 0 amide bonds. The fourth-order valence-corrected chi connectivity index (χ4v) is 4.44. The molecule has 2 nitrogen and oxygen atoms in total. The summed E-state index contributed by atoms with van der Waals surface area (Å²) in [5, 5.41) is 10.4. The molecule has 2 aromatic rings. The van der Waals surface area contributed by atoms with Crippen molar-refractivity contribution in [1.29, 1.82) is 0 Å². The smallest absolute Gasteiger partial charge is 0.124 e. The van der Waals surface area contributed by atoms with Crippen molar-refractivity contribution < 1.29 is 14.0 Å². The fourth-order valence-electron chi connectivity index (χ4n) is 4.44. The molecule has 0 radical (unpaired) electrons. The van der Waals surface area contributed by atoms with Gasteiger partial charge in [-0.05, 0) is 41.0 Å². The Morgan fingerprint density at radius 3 is 2.96 bits per heavy atom. The molecular formula is C20H21FNO+. The van der Waals surface area contributed by atoms with E-state index in [4.69, 9.17) is 0 Å². The standard InChI is InChI=1S/C20H20FNO/c1-3-8-22(2)9-7-14-10-15(21)12-16-19(14)17(22)11-13-5-4-6-18(23)20(13)16/h3-6,10,12,17H,1,7-9,11H2,2H3/p+1. The van der Waals surface area contributed by atoms with Crippen LogP contribution in [0.1, 0.15) is 22.7 Å². The largest absolute Gasteiger partial charge is 0.507 e. The Labute approximate surface area is 136 Å². The van der Waals surface area contributed by atoms with Crippen molar-refractivity contribution in [1.82, 2.24) is 0 Å². The quantitative estimate of drug-likeness (QED) is 0.657. The normalized spacial score (nSPS) is 24.7. The average molecular weight is 310 g/mol. The third-order valence-corrected chi connectivity index (χ3v) is 5.57. The predicted octanol–water partition coefficient (Wildman–Crippen LogP) is 3.98. The number of quaternary nitrogens is 1. The van der Waals surface area contributed by atoms with Crippen LogP contribution in [0.5, 0.6) is 5.75 Å². The van der Waals surface area contributed by atoms with Gasteiger partial charge in [0.05, 0.1) is 20.1 Å². The van der Waals surface area contributed by atoms with Gasteiger partial charge in [-0.3, -0.25) is 0 Å². The number of rotatable bonds is 2. The van der Waals surface area contributed by atoms with Gasteiger partial charge < -0.3 is 9.59 Å². The first-order chi connectivity index (χ1) is 11.0. The maximum absolute atomic E-state index is 14.2. The molecule has 0 bridgehead atoms. The van der Waals surface area contributed by atoms with Crippen LogP contribution in [-0.2, 0) is 12.8 Å². The van der Waals surface area contributed by atoms with Crippen LogP contribution in [0, 0.1) is 5.82 Å². The number of aromatic hydroxyl groups is 1. The fraction of sp³-hybridized carbons (Fsp3) is 0.300. The summed E-state index contributed by atoms with van der Waals surface area (Å²) in [6.45, 7) is 5.81. The molecule has 118 valence electrons. The molecule has 1 N–H and O–H groups in total. The Kier molecular flexibility index (Phi) is 3.10. The van der Waals surface area contributed by atoms with E-state index in [0.29, 0.717) is 6.04 Å². The second-order valence-electron chi connectivity index (χ2n) is 6.98. The second kappa shape index (κ2) is 4.93. The molecular weight excluding hydrogens is 289 g/mol. The summed E-state index contributed by atoms with van der Waals surface area (Å²) in [5.74, 6) is 0.0330. The Bertz CT molecular complexity index is 814. The average Bonchev–Trinajstić information content (AvgIpc) is 2.51. The third-order valence-electron chi connectivity index (χ3n) is 5.57. The Balaban J connectivity index is 2.01. The molecule has 0 spiro atoms. The summed E-state index contributed by atoms with van der Waals surface area (Å²) in [4.78, 5) is 0. The summed E-state index contributed by atoms with van der Waals surface area (Å²) in [5.41, 5.74) is 5.10. The first-order valence-corrected chi connectivity index (χ1v) is 8.12. The number of likely N-dealkylation sites (N-methyl/N-ethyl adjacent to an activating group) is 1. The molecule has 0 saturated heterocycles. The molecule has 23 heavy (non-hydrogen) atoms. The number of phenolic OH excluding ortho intramolecular Hbond substituents is 1. The van der Waals surface area contributed by atoms with E-state index >= 15 is 0 Å². The molecule has 2 atom stereocenters. The van der Waals surface area contributed by atoms with E-state index in [1.807, 2.05) is 12.1 Å². The second-order valence-corrected chi connectivity index (χ2v) is 6.98. The van der Waals surface area contributed by atoms with Crippen LogP contribution in [0.25, 0.3) is 11.1 Å². The van der Waals surface area contributed by atoms with E-state index in [9.17, 15) is 9.50 Å². The highest BCUT2D eigenvalue weighted by Gasteiger charge is 2.43. The van der Waals surface area contributed by atoms with Gasteiger partial charge in [-0.1, -0.05) is 18.7 Å². The first-order valence-electron chi connectivity index (χ1n) is 8.12. The van der Waals surface area contributed by atoms with Crippen LogP contribution in [0.15, 0.2) is 43.0 Å². The molecule has 2 aliphatic rings. The van der Waals surface area contributed by atoms with E-state index in [-0.39, 0.29) is 11.6 Å². The zero-order valence-electron chi connectivity index (χ0n) is 13.3. The minimum absolute atomic E-state index is 0.214. The molecule has 0 aromatic heterocycles. The molecule has 4 rings (SSSR count). The Hall–Kier alpha value is -2.13. The van der Waals surface area contributed by atoms with Crippen molar-refractivity contribution in [3.63, 3.8) is 0 Å². The monoisotopic (exact) mass is 310 g/mol. The molecule has 1 aliphatic carbocycles. The third kappa shape index (κ3) is 2.03. The highest BCUT2D eigenvalue weighted by Crippen LogP contribution is 2.50. The molecule has 0 saturated carbocycles. The van der Waals surface area contributed by atoms with E-state index in [1.54, 1.807) is 18.2 Å². The molecule has 2 unspecified atom stereocenters. The van der Waals surface area contributed by atoms with Crippen LogP contribution < -0.4 is 0 Å². The summed E-state index contributed by atoms with van der Waals surface area (Å²) >= 11 is 0. The number of nitrogens with zero attached hydrogens (tertiary/aromatic N) is 1. The Morgan fingerprint density at radius 1 is 1.35 bits per heavy atom. The van der Waals surface area contributed by atoms with E-state index in [2.05, 4.69) is 19.7 Å². The van der Waals surface area contributed by atoms with Crippen molar-refractivity contribution >= 4 is 0 Å². The zero-order valence-corrected chi connectivity index (χ0v) is 13.3. The summed E-state index contributed by atoms with van der Waals surface area (Å²) in [7, 11) is 2.26. The number of phenols is 1. The van der Waals surface area contributed by atoms with Gasteiger partial charge in [-0.25, -0.2) is 4.39 Å². The molecule has 1 heterocycles. The van der Waals surface area contributed by atoms with Crippen LogP contribution in [0.2, 0.25) is 0 Å². The van der Waals surface area contributed by atoms with Crippen LogP contribution >= 0.6 is 0 Å². The Morgan fingerprint density at radius 2 is 2.17 bits per heavy atom. The summed E-state index contributed by atoms with van der Waals surface area (Å²) in [6, 6.07) is 9.18. The zero-order chi connectivity index (χ0) is 16.2. The summed E-state index contributed by atoms with van der Waals surface area (Å²) in [6.07, 6.45) is 3.72. The van der Waals surface area contributed by atoms with Crippen molar-refractivity contribution in [3.8, 4) is 16.9 Å². The van der Waals surface area contributed by atoms with Gasteiger partial charge in [0.25, 0.3) is 0 Å². The highest BCUT2D eigenvalue weighted by molar-refractivity contribution is 5.80. The topological polar surface area (TPSA) is 20.2 Å². The lowest BCUT2D eigenvalue weighted by Gasteiger charge is -2.47. The van der Waals surface area contributed by atoms with Crippen LogP contribution in [0.4, 0.5) is 4.39 Å². The first kappa shape index (κ1) is 14.5. The van der Waals surface area contributed by atoms with Gasteiger partial charge in [0.2, 0.25) is 0 Å². The van der Waals surface area contributed by atoms with Crippen molar-refractivity contribution in [2.45, 2.75) is 18.9 Å². The van der Waals surface area contributed by atoms with E-state index in [0.717, 1.165) is 52.7 Å². The number of benzene rings is 2. The van der Waals surface area contributed by atoms with Crippen molar-refractivity contribution in [2.75, 3.05) is 20.1 Å². The summed E-state index contributed by atoms with van der Waals surface area (Å²) < 4.78 is 15.0. The van der Waals surface area contributed by atoms with Gasteiger partial charge in [0.15, 0.2) is 0 Å². The number of fused-ring (bicyclic) bond motifs is 2. The molecule has 3 heteroatoms. The number of hydrogen-bond acceptors (Lipinski definition) is 1. The molecule has 2 aromatic carbocycles. The molecule has 1 aliphatic heterocycles. The lowest BCUT2D eigenvalue weighted by Crippen LogP contribution is -2.52. The van der Waals surface area contributed by atoms with Gasteiger partial charge in [-0.2, -0.15) is 0 Å². The minimum Gasteiger partial charge on any atom is -0.507 e. The highest BCUT2D eigenvalue weighted by atomic mass is 19.1. The van der Waals surface area contributed by atoms with Gasteiger partial charge in [0.1, 0.15) is 17.6 Å². The predicted molar refractivity (Wildman–Crippen MR) is 89.8 cm³/mol. The van der Waals surface area contributed by atoms with Crippen LogP contribution in [0.3, 0.4) is 0 Å². The van der Waals surface area contributed by atoms with Gasteiger partial charge in [-0.15, -0.1) is 0 Å². The lowest BCUT2D eigenvalue weighted by atomic mass is 9.75. The van der Waals surface area contributed by atoms with E-state index in [1.165, 1.54) is 5.56 Å². The lowest BCUT2D eigenvalue weighted by molar-refractivity contribution is -0.936. The van der Waals surface area contributed by atoms with E-state index < -0.39 is 0 Å². The maximum atomic E-state index is 14.2. The number of halogens is 1. The number of hydrogen-bond donors (Lipinski definition) is 1. The van der Waals surface area contributed by atoms with Gasteiger partial charge >= 0.3 is 0 Å².